The van der Waals surface area contributed by atoms with Crippen molar-refractivity contribution >= 4 is 59.8 Å². The van der Waals surface area contributed by atoms with Crippen LogP contribution in [0.1, 0.15) is 98.6 Å². The topological polar surface area (TPSA) is 76.0 Å². The third-order valence-electron chi connectivity index (χ3n) is 10.3. The Morgan fingerprint density at radius 1 is 0.804 bits per heavy atom. The fraction of sp³-hybridized carbons (Fsp3) is 0.422. The molecule has 5 nitrogen and oxygen atoms in total. The van der Waals surface area contributed by atoms with Gasteiger partial charge in [-0.05, 0) is 37.2 Å². The zero-order chi connectivity index (χ0) is 40.3. The molecule has 0 spiro atoms. The molecule has 11 heteroatoms. The first kappa shape index (κ1) is 45.2. The van der Waals surface area contributed by atoms with Gasteiger partial charge in [0.25, 0.3) is 0 Å². The standard InChI is InChI=1S/C32H27F3N3S2.C13H24O2.Ir/c1-30(2,3)23-15-19(14-18-10-6-7-11-20(18)23)25-16-22(21-12-8-9-13-24(21)36-25)27-38-29-28(40-27)37-26(39-29)17-31(4,5)32(33,34)35;1-5-10(6-2)12(14)9-13(15)11(7-3)8-4;/h6-13,15-16H,17H2,1-5H3;9-11,14H,5-8H2,1-4H3;/q-1;;/b;12-9-;. The molecular formula is C45H51F3IrN3O2S2-. The van der Waals surface area contributed by atoms with Crippen LogP contribution in [0.2, 0.25) is 0 Å². The minimum absolute atomic E-state index is 0. The average molecular weight is 979 g/mol. The molecule has 0 aliphatic carbocycles. The first-order chi connectivity index (χ1) is 25.9. The Morgan fingerprint density at radius 3 is 1.98 bits per heavy atom. The van der Waals surface area contributed by atoms with Crippen molar-refractivity contribution < 1.29 is 43.2 Å². The summed E-state index contributed by atoms with van der Waals surface area (Å²) in [5.41, 5.74) is 2.76. The van der Waals surface area contributed by atoms with Crippen LogP contribution in [-0.2, 0) is 36.7 Å². The van der Waals surface area contributed by atoms with Crippen LogP contribution in [0.4, 0.5) is 13.2 Å². The van der Waals surface area contributed by atoms with E-state index in [-0.39, 0.29) is 55.3 Å². The molecule has 56 heavy (non-hydrogen) atoms. The number of hydrogen-bond acceptors (Lipinski definition) is 7. The third-order valence-corrected chi connectivity index (χ3v) is 12.3. The van der Waals surface area contributed by atoms with E-state index in [1.54, 1.807) is 0 Å². The van der Waals surface area contributed by atoms with Crippen molar-refractivity contribution in [1.82, 2.24) is 15.0 Å². The number of benzene rings is 3. The molecule has 3 aromatic heterocycles. The van der Waals surface area contributed by atoms with E-state index >= 15 is 0 Å². The smallest absolute Gasteiger partial charge is 0.394 e. The molecule has 0 atom stereocenters. The Bertz CT molecular complexity index is 2280. The molecule has 301 valence electrons. The van der Waals surface area contributed by atoms with Crippen LogP contribution < -0.4 is 0 Å². The number of aliphatic hydroxyl groups is 1. The van der Waals surface area contributed by atoms with E-state index in [0.717, 1.165) is 63.8 Å². The number of pyridine rings is 1. The zero-order valence-electron chi connectivity index (χ0n) is 33.5. The maximum atomic E-state index is 13.4. The van der Waals surface area contributed by atoms with Crippen molar-refractivity contribution in [3.63, 3.8) is 0 Å². The van der Waals surface area contributed by atoms with E-state index < -0.39 is 11.6 Å². The summed E-state index contributed by atoms with van der Waals surface area (Å²) in [6.07, 6.45) is 0.433. The number of allylic oxidation sites excluding steroid dienone is 2. The molecule has 3 heterocycles. The molecule has 0 unspecified atom stereocenters. The van der Waals surface area contributed by atoms with Gasteiger partial charge in [-0.25, -0.2) is 9.97 Å². The molecular weight excluding hydrogens is 928 g/mol. The molecule has 0 fully saturated rings. The normalized spacial score (nSPS) is 12.7. The number of alkyl halides is 3. The van der Waals surface area contributed by atoms with Gasteiger partial charge in [-0.1, -0.05) is 138 Å². The van der Waals surface area contributed by atoms with Crippen LogP contribution in [-0.4, -0.2) is 32.0 Å². The summed E-state index contributed by atoms with van der Waals surface area (Å²) in [6, 6.07) is 24.0. The van der Waals surface area contributed by atoms with Gasteiger partial charge in [0, 0.05) is 61.1 Å². The number of carbonyl (C=O) groups is 1. The van der Waals surface area contributed by atoms with E-state index in [2.05, 4.69) is 56.1 Å². The molecule has 0 aliphatic heterocycles. The van der Waals surface area contributed by atoms with Crippen molar-refractivity contribution in [2.24, 2.45) is 17.3 Å². The zero-order valence-corrected chi connectivity index (χ0v) is 37.6. The minimum atomic E-state index is -4.30. The first-order valence-corrected chi connectivity index (χ1v) is 20.7. The van der Waals surface area contributed by atoms with Gasteiger partial charge >= 0.3 is 6.18 Å². The SMILES string of the molecule is CC(C)(C)c1cc(-c2cc(-c3nc4sc(CC(C)(C)C(F)(F)F)nc4s3)c3ccccc3n2)[c-]c2ccccc12.CCC(CC)C(=O)/C=C(\O)C(CC)CC.[Ir]. The Balaban J connectivity index is 0.000000372. The Kier molecular flexibility index (Phi) is 14.8. The molecule has 3 aromatic carbocycles. The van der Waals surface area contributed by atoms with Crippen molar-refractivity contribution in [2.75, 3.05) is 0 Å². The Hall–Kier alpha value is -3.50. The molecule has 6 rings (SSSR count). The number of ketones is 1. The molecule has 0 bridgehead atoms. The van der Waals surface area contributed by atoms with Gasteiger partial charge in [0.2, 0.25) is 0 Å². The van der Waals surface area contributed by atoms with Gasteiger partial charge in [0.1, 0.15) is 5.01 Å². The molecule has 0 aliphatic rings. The van der Waals surface area contributed by atoms with E-state index in [1.807, 2.05) is 64.1 Å². The summed E-state index contributed by atoms with van der Waals surface area (Å²) in [5.74, 6) is 0.547. The fourth-order valence-electron chi connectivity index (χ4n) is 6.61. The van der Waals surface area contributed by atoms with Crippen molar-refractivity contribution in [1.29, 1.82) is 0 Å². The maximum absolute atomic E-state index is 13.4. The van der Waals surface area contributed by atoms with E-state index in [4.69, 9.17) is 9.97 Å². The summed E-state index contributed by atoms with van der Waals surface area (Å²) in [5, 5.41) is 14.2. The quantitative estimate of drug-likeness (QED) is 0.0795. The number of thiazole rings is 2. The average Bonchev–Trinajstić information content (AvgIpc) is 3.69. The van der Waals surface area contributed by atoms with Crippen LogP contribution >= 0.6 is 22.7 Å². The minimum Gasteiger partial charge on any atom is -0.512 e. The summed E-state index contributed by atoms with van der Waals surface area (Å²) < 4.78 is 40.3. The second kappa shape index (κ2) is 18.4. The Labute approximate surface area is 350 Å². The van der Waals surface area contributed by atoms with Crippen LogP contribution in [0.5, 0.6) is 0 Å². The summed E-state index contributed by atoms with van der Waals surface area (Å²) >= 11 is 2.64. The number of aromatic nitrogens is 3. The van der Waals surface area contributed by atoms with Gasteiger partial charge < -0.3 is 5.11 Å². The van der Waals surface area contributed by atoms with Gasteiger partial charge in [0.05, 0.1) is 21.7 Å². The molecule has 0 saturated carbocycles. The third kappa shape index (κ3) is 10.1. The summed E-state index contributed by atoms with van der Waals surface area (Å²) in [4.78, 5) is 27.4. The van der Waals surface area contributed by atoms with Gasteiger partial charge in [-0.15, -0.1) is 29.1 Å². The number of halogens is 3. The van der Waals surface area contributed by atoms with Crippen LogP contribution in [0.3, 0.4) is 0 Å². The number of aliphatic hydroxyl groups excluding tert-OH is 1. The monoisotopic (exact) mass is 979 g/mol. The number of rotatable bonds is 11. The fourth-order valence-corrected chi connectivity index (χ4v) is 8.93. The molecule has 1 N–H and O–H groups in total. The van der Waals surface area contributed by atoms with Crippen molar-refractivity contribution in [2.45, 2.75) is 106 Å². The van der Waals surface area contributed by atoms with E-state index in [0.29, 0.717) is 14.7 Å². The maximum Gasteiger partial charge on any atom is 0.394 e. The number of carbonyl (C=O) groups excluding carboxylic acids is 1. The number of nitrogens with zero attached hydrogens (tertiary/aromatic N) is 3. The summed E-state index contributed by atoms with van der Waals surface area (Å²) in [6.45, 7) is 17.1. The second-order valence-corrected chi connectivity index (χ2v) is 17.8. The summed E-state index contributed by atoms with van der Waals surface area (Å²) in [7, 11) is 0. The second-order valence-electron chi connectivity index (χ2n) is 15.8. The van der Waals surface area contributed by atoms with Crippen LogP contribution in [0.25, 0.3) is 53.2 Å². The number of fused-ring (bicyclic) bond motifs is 3. The molecule has 0 saturated heterocycles. The first-order valence-electron chi connectivity index (χ1n) is 19.0. The molecule has 6 aromatic rings. The van der Waals surface area contributed by atoms with Crippen molar-refractivity contribution in [3.8, 4) is 21.8 Å². The predicted octanol–water partition coefficient (Wildman–Crippen LogP) is 13.9. The number of para-hydroxylation sites is 1. The molecule has 0 amide bonds. The van der Waals surface area contributed by atoms with E-state index in [1.165, 1.54) is 53.5 Å². The van der Waals surface area contributed by atoms with Crippen LogP contribution in [0.15, 0.2) is 72.5 Å². The van der Waals surface area contributed by atoms with Gasteiger partial charge in [0.15, 0.2) is 15.4 Å². The van der Waals surface area contributed by atoms with Gasteiger partial charge in [-0.3, -0.25) is 9.78 Å². The largest absolute Gasteiger partial charge is 0.512 e. The predicted molar refractivity (Wildman–Crippen MR) is 224 cm³/mol. The van der Waals surface area contributed by atoms with Crippen LogP contribution in [0, 0.1) is 23.3 Å². The Morgan fingerprint density at radius 2 is 1.39 bits per heavy atom. The van der Waals surface area contributed by atoms with Crippen molar-refractivity contribution in [3.05, 3.63) is 89.1 Å². The molecule has 1 radical (unpaired) electrons. The van der Waals surface area contributed by atoms with Gasteiger partial charge in [-0.2, -0.15) is 13.2 Å². The van der Waals surface area contributed by atoms with E-state index in [9.17, 15) is 23.1 Å². The number of hydrogen-bond donors (Lipinski definition) is 1.